The fraction of sp³-hybridized carbons (Fsp3) is 0.214. The van der Waals surface area contributed by atoms with E-state index in [9.17, 15) is 8.42 Å². The number of ether oxygens (including phenoxy) is 3. The summed E-state index contributed by atoms with van der Waals surface area (Å²) in [7, 11) is -1.18. The molecule has 0 aliphatic carbocycles. The van der Waals surface area contributed by atoms with E-state index in [-0.39, 0.29) is 34.5 Å². The first-order valence-corrected chi connectivity index (χ1v) is 13.5. The first-order valence-electron chi connectivity index (χ1n) is 12.0. The minimum Gasteiger partial charge on any atom is -0.493 e. The molecule has 0 bridgehead atoms. The molecule has 0 unspecified atom stereocenters. The predicted molar refractivity (Wildman–Crippen MR) is 149 cm³/mol. The van der Waals surface area contributed by atoms with Crippen molar-refractivity contribution >= 4 is 21.9 Å². The molecule has 1 N–H and O–H groups in total. The van der Waals surface area contributed by atoms with Gasteiger partial charge in [0.1, 0.15) is 0 Å². The molecule has 2 aromatic heterocycles. The molecule has 39 heavy (non-hydrogen) atoms. The Labute approximate surface area is 227 Å². The second kappa shape index (κ2) is 11.5. The molecular weight excluding hydrogens is 518 g/mol. The van der Waals surface area contributed by atoms with Crippen LogP contribution >= 0.6 is 0 Å². The Hall–Kier alpha value is -4.51. The number of hydrogen-bond acceptors (Lipinski definition) is 9. The Bertz CT molecular complexity index is 1570. The van der Waals surface area contributed by atoms with Gasteiger partial charge < -0.3 is 14.2 Å². The van der Waals surface area contributed by atoms with Gasteiger partial charge in [-0.05, 0) is 40.8 Å². The first-order chi connectivity index (χ1) is 18.6. The van der Waals surface area contributed by atoms with Crippen LogP contribution in [0, 0.1) is 0 Å². The quantitative estimate of drug-likeness (QED) is 0.291. The van der Waals surface area contributed by atoms with Gasteiger partial charge in [-0.25, -0.2) is 23.4 Å². The standard InChI is InChI=1S/C28H29N5O5S/c1-28(2,3)20-13-11-19(12-14-20)15-18-39(34,35)33-24-23(38-22-10-7-6-9-21(22)36-4)27(37-5)32-26(31-24)25-29-16-8-17-30-25/h6-18H,1-5H3,(H,31,32,33). The normalized spacial score (nSPS) is 11.8. The highest BCUT2D eigenvalue weighted by atomic mass is 32.2. The molecule has 0 aliphatic heterocycles. The average molecular weight is 548 g/mol. The molecule has 0 radical (unpaired) electrons. The van der Waals surface area contributed by atoms with Crippen LogP contribution in [0.15, 0.2) is 72.4 Å². The second-order valence-corrected chi connectivity index (χ2v) is 10.9. The van der Waals surface area contributed by atoms with E-state index in [1.54, 1.807) is 30.3 Å². The molecule has 0 amide bonds. The van der Waals surface area contributed by atoms with E-state index in [0.717, 1.165) is 16.5 Å². The molecular formula is C28H29N5O5S. The molecule has 11 heteroatoms. The van der Waals surface area contributed by atoms with Gasteiger partial charge in [-0.2, -0.15) is 4.98 Å². The van der Waals surface area contributed by atoms with Crippen molar-refractivity contribution in [2.24, 2.45) is 0 Å². The van der Waals surface area contributed by atoms with Gasteiger partial charge in [-0.3, -0.25) is 4.72 Å². The predicted octanol–water partition coefficient (Wildman–Crippen LogP) is 5.45. The van der Waals surface area contributed by atoms with E-state index in [4.69, 9.17) is 14.2 Å². The molecule has 0 fully saturated rings. The minimum absolute atomic E-state index is 0.0139. The molecule has 2 heterocycles. The molecule has 0 saturated carbocycles. The maximum absolute atomic E-state index is 13.2. The third kappa shape index (κ3) is 6.88. The van der Waals surface area contributed by atoms with Crippen LogP contribution in [-0.2, 0) is 15.4 Å². The molecule has 0 aliphatic rings. The zero-order valence-electron chi connectivity index (χ0n) is 22.2. The molecule has 4 rings (SSSR count). The number of nitrogens with zero attached hydrogens (tertiary/aromatic N) is 4. The summed E-state index contributed by atoms with van der Waals surface area (Å²) < 4.78 is 45.6. The van der Waals surface area contributed by atoms with E-state index in [1.807, 2.05) is 24.3 Å². The number of hydrogen-bond donors (Lipinski definition) is 1. The van der Waals surface area contributed by atoms with Crippen molar-refractivity contribution < 1.29 is 22.6 Å². The number of nitrogens with one attached hydrogen (secondary N) is 1. The highest BCUT2D eigenvalue weighted by Gasteiger charge is 2.24. The minimum atomic E-state index is -4.05. The van der Waals surface area contributed by atoms with Gasteiger partial charge in [0, 0.05) is 12.4 Å². The third-order valence-electron chi connectivity index (χ3n) is 5.53. The number of methoxy groups -OCH3 is 2. The third-order valence-corrected chi connectivity index (χ3v) is 6.50. The van der Waals surface area contributed by atoms with Gasteiger partial charge in [0.2, 0.25) is 11.6 Å². The number of benzene rings is 2. The lowest BCUT2D eigenvalue weighted by atomic mass is 9.87. The van der Waals surface area contributed by atoms with Crippen molar-refractivity contribution in [1.29, 1.82) is 0 Å². The van der Waals surface area contributed by atoms with Gasteiger partial charge >= 0.3 is 0 Å². The summed E-state index contributed by atoms with van der Waals surface area (Å²) in [6.07, 6.45) is 4.54. The van der Waals surface area contributed by atoms with Crippen LogP contribution in [0.1, 0.15) is 31.9 Å². The van der Waals surface area contributed by atoms with Crippen molar-refractivity contribution in [1.82, 2.24) is 19.9 Å². The highest BCUT2D eigenvalue weighted by Crippen LogP contribution is 2.40. The van der Waals surface area contributed by atoms with E-state index in [0.29, 0.717) is 11.5 Å². The molecule has 2 aromatic carbocycles. The van der Waals surface area contributed by atoms with E-state index in [2.05, 4.69) is 45.4 Å². The van der Waals surface area contributed by atoms with Crippen LogP contribution in [-0.4, -0.2) is 42.6 Å². The molecule has 10 nitrogen and oxygen atoms in total. The monoisotopic (exact) mass is 547 g/mol. The van der Waals surface area contributed by atoms with Crippen LogP contribution in [0.2, 0.25) is 0 Å². The van der Waals surface area contributed by atoms with E-state index >= 15 is 0 Å². The largest absolute Gasteiger partial charge is 0.493 e. The highest BCUT2D eigenvalue weighted by molar-refractivity contribution is 7.95. The second-order valence-electron chi connectivity index (χ2n) is 9.38. The summed E-state index contributed by atoms with van der Waals surface area (Å²) in [5.74, 6) is 0.686. The van der Waals surface area contributed by atoms with Crippen LogP contribution in [0.4, 0.5) is 5.82 Å². The first kappa shape index (κ1) is 27.5. The SMILES string of the molecule is COc1ccccc1Oc1c(NS(=O)(=O)C=Cc2ccc(C(C)(C)C)cc2)nc(-c2ncccn2)nc1OC. The lowest BCUT2D eigenvalue weighted by molar-refractivity contribution is 0.348. The van der Waals surface area contributed by atoms with Crippen LogP contribution < -0.4 is 18.9 Å². The van der Waals surface area contributed by atoms with E-state index in [1.165, 1.54) is 32.7 Å². The van der Waals surface area contributed by atoms with Crippen molar-refractivity contribution in [2.75, 3.05) is 18.9 Å². The topological polar surface area (TPSA) is 125 Å². The Morgan fingerprint density at radius 2 is 1.49 bits per heavy atom. The maximum Gasteiger partial charge on any atom is 0.263 e. The van der Waals surface area contributed by atoms with Gasteiger partial charge in [0.05, 0.1) is 19.6 Å². The summed E-state index contributed by atoms with van der Waals surface area (Å²) in [5.41, 5.74) is 1.85. The van der Waals surface area contributed by atoms with Crippen molar-refractivity contribution in [3.8, 4) is 34.8 Å². The maximum atomic E-state index is 13.2. The molecule has 202 valence electrons. The Kier molecular flexibility index (Phi) is 8.10. The van der Waals surface area contributed by atoms with Crippen LogP contribution in [0.3, 0.4) is 0 Å². The Morgan fingerprint density at radius 3 is 2.10 bits per heavy atom. The Balaban J connectivity index is 1.73. The smallest absolute Gasteiger partial charge is 0.263 e. The molecule has 0 atom stereocenters. The molecule has 0 spiro atoms. The van der Waals surface area contributed by atoms with Gasteiger partial charge in [0.25, 0.3) is 15.9 Å². The Morgan fingerprint density at radius 1 is 0.821 bits per heavy atom. The lowest BCUT2D eigenvalue weighted by Crippen LogP contribution is -2.13. The summed E-state index contributed by atoms with van der Waals surface area (Å²) in [5, 5.41) is 1.05. The van der Waals surface area contributed by atoms with Crippen LogP contribution in [0.5, 0.6) is 23.1 Å². The fourth-order valence-electron chi connectivity index (χ4n) is 3.49. The molecule has 4 aromatic rings. The zero-order valence-corrected chi connectivity index (χ0v) is 23.1. The summed E-state index contributed by atoms with van der Waals surface area (Å²) in [6.45, 7) is 6.34. The van der Waals surface area contributed by atoms with Crippen molar-refractivity contribution in [3.05, 3.63) is 83.5 Å². The lowest BCUT2D eigenvalue weighted by Gasteiger charge is -2.18. The summed E-state index contributed by atoms with van der Waals surface area (Å²) >= 11 is 0. The number of rotatable bonds is 9. The number of aromatic nitrogens is 4. The average Bonchev–Trinajstić information content (AvgIpc) is 2.93. The van der Waals surface area contributed by atoms with Crippen molar-refractivity contribution in [3.63, 3.8) is 0 Å². The van der Waals surface area contributed by atoms with Gasteiger partial charge in [0.15, 0.2) is 23.1 Å². The number of sulfonamides is 1. The van der Waals surface area contributed by atoms with Crippen LogP contribution in [0.25, 0.3) is 17.7 Å². The fourth-order valence-corrected chi connectivity index (χ4v) is 4.30. The number of anilines is 1. The summed E-state index contributed by atoms with van der Waals surface area (Å²) in [4.78, 5) is 17.0. The number of para-hydroxylation sites is 2. The zero-order chi connectivity index (χ0) is 28.0. The summed E-state index contributed by atoms with van der Waals surface area (Å²) in [6, 6.07) is 16.2. The van der Waals surface area contributed by atoms with Gasteiger partial charge in [-0.15, -0.1) is 0 Å². The van der Waals surface area contributed by atoms with Crippen molar-refractivity contribution in [2.45, 2.75) is 26.2 Å². The molecule has 0 saturated heterocycles. The van der Waals surface area contributed by atoms with E-state index < -0.39 is 10.0 Å². The van der Waals surface area contributed by atoms with Gasteiger partial charge in [-0.1, -0.05) is 57.2 Å².